The van der Waals surface area contributed by atoms with Crippen LogP contribution in [0.1, 0.15) is 35.3 Å². The van der Waals surface area contributed by atoms with Gasteiger partial charge in [0.05, 0.1) is 30.9 Å². The van der Waals surface area contributed by atoms with E-state index >= 15 is 0 Å². The second-order valence-corrected chi connectivity index (χ2v) is 7.30. The zero-order chi connectivity index (χ0) is 22.3. The fourth-order valence-electron chi connectivity index (χ4n) is 2.91. The number of amides is 1. The van der Waals surface area contributed by atoms with Crippen molar-refractivity contribution >= 4 is 23.5 Å². The molecule has 1 atom stereocenters. The lowest BCUT2D eigenvalue weighted by atomic mass is 10.0. The summed E-state index contributed by atoms with van der Waals surface area (Å²) in [5.74, 6) is -0.232. The Labute approximate surface area is 180 Å². The van der Waals surface area contributed by atoms with Crippen molar-refractivity contribution in [2.75, 3.05) is 14.2 Å². The number of methoxy groups -OCH3 is 2. The van der Waals surface area contributed by atoms with Crippen LogP contribution < -0.4 is 14.8 Å². The lowest BCUT2D eigenvalue weighted by molar-refractivity contribution is -0.153. The van der Waals surface area contributed by atoms with E-state index in [1.165, 1.54) is 14.2 Å². The summed E-state index contributed by atoms with van der Waals surface area (Å²) < 4.78 is 15.9. The molecular weight excluding hydrogens is 410 g/mol. The smallest absolute Gasteiger partial charge is 0.333 e. The summed E-state index contributed by atoms with van der Waals surface area (Å²) in [6.45, 7) is 3.76. The molecular formula is C22H26ClNO6. The van der Waals surface area contributed by atoms with Gasteiger partial charge in [-0.1, -0.05) is 23.7 Å². The molecule has 0 saturated heterocycles. The summed E-state index contributed by atoms with van der Waals surface area (Å²) >= 11 is 6.16. The van der Waals surface area contributed by atoms with Crippen LogP contribution in [0, 0.1) is 0 Å². The Balaban J connectivity index is 2.15. The van der Waals surface area contributed by atoms with E-state index in [9.17, 15) is 14.7 Å². The highest BCUT2D eigenvalue weighted by Crippen LogP contribution is 2.24. The minimum atomic E-state index is -1.02. The molecule has 0 aliphatic rings. The van der Waals surface area contributed by atoms with E-state index < -0.39 is 12.1 Å². The van der Waals surface area contributed by atoms with Gasteiger partial charge in [-0.2, -0.15) is 0 Å². The number of nitrogens with one attached hydrogen (secondary N) is 1. The Morgan fingerprint density at radius 2 is 1.83 bits per heavy atom. The maximum Gasteiger partial charge on any atom is 0.333 e. The minimum Gasteiger partial charge on any atom is -0.497 e. The van der Waals surface area contributed by atoms with E-state index in [4.69, 9.17) is 25.8 Å². The highest BCUT2D eigenvalue weighted by Gasteiger charge is 2.21. The van der Waals surface area contributed by atoms with Crippen molar-refractivity contribution in [1.82, 2.24) is 5.32 Å². The molecule has 1 amide bonds. The quantitative estimate of drug-likeness (QED) is 0.590. The highest BCUT2D eigenvalue weighted by atomic mass is 35.5. The molecule has 7 nitrogen and oxygen atoms in total. The van der Waals surface area contributed by atoms with E-state index in [2.05, 4.69) is 5.32 Å². The van der Waals surface area contributed by atoms with Gasteiger partial charge in [0.25, 0.3) is 5.91 Å². The number of carbonyl (C=O) groups excluding carboxylic acids is 1. The first-order valence-electron chi connectivity index (χ1n) is 9.41. The topological polar surface area (TPSA) is 94.1 Å². The standard InChI is InChI=1S/C22H26ClNO6/c1-13(2)30-20(22(26)27)10-14-5-8-19(29-4)15(9-14)12-24-21(25)17-7-6-16(28-3)11-18(17)23/h5-9,11,13,20H,10,12H2,1-4H3,(H,24,25)(H,26,27). The van der Waals surface area contributed by atoms with Crippen molar-refractivity contribution in [3.05, 3.63) is 58.1 Å². The van der Waals surface area contributed by atoms with Gasteiger partial charge >= 0.3 is 5.97 Å². The molecule has 2 N–H and O–H groups in total. The summed E-state index contributed by atoms with van der Waals surface area (Å²) in [6.07, 6.45) is -0.973. The Morgan fingerprint density at radius 3 is 2.40 bits per heavy atom. The molecule has 2 aromatic carbocycles. The maximum atomic E-state index is 12.5. The van der Waals surface area contributed by atoms with Crippen molar-refractivity contribution in [2.45, 2.75) is 39.0 Å². The van der Waals surface area contributed by atoms with Gasteiger partial charge in [-0.25, -0.2) is 4.79 Å². The number of rotatable bonds is 10. The van der Waals surface area contributed by atoms with E-state index in [0.717, 1.165) is 5.56 Å². The predicted molar refractivity (Wildman–Crippen MR) is 114 cm³/mol. The number of benzene rings is 2. The van der Waals surface area contributed by atoms with Crippen molar-refractivity contribution in [1.29, 1.82) is 0 Å². The highest BCUT2D eigenvalue weighted by molar-refractivity contribution is 6.34. The summed E-state index contributed by atoms with van der Waals surface area (Å²) in [6, 6.07) is 10.1. The van der Waals surface area contributed by atoms with Crippen LogP contribution in [-0.2, 0) is 22.5 Å². The molecule has 0 aromatic heterocycles. The zero-order valence-corrected chi connectivity index (χ0v) is 18.2. The third-order valence-electron chi connectivity index (χ3n) is 4.34. The van der Waals surface area contributed by atoms with Crippen molar-refractivity contribution in [3.63, 3.8) is 0 Å². The molecule has 0 aliphatic heterocycles. The normalized spacial score (nSPS) is 11.8. The van der Waals surface area contributed by atoms with Crippen molar-refractivity contribution in [3.8, 4) is 11.5 Å². The fraction of sp³-hybridized carbons (Fsp3) is 0.364. The second kappa shape index (κ2) is 10.8. The van der Waals surface area contributed by atoms with Crippen molar-refractivity contribution < 1.29 is 28.9 Å². The third-order valence-corrected chi connectivity index (χ3v) is 4.65. The van der Waals surface area contributed by atoms with Gasteiger partial charge in [-0.3, -0.25) is 4.79 Å². The molecule has 0 fully saturated rings. The van der Waals surface area contributed by atoms with Gasteiger partial charge in [0.2, 0.25) is 0 Å². The third kappa shape index (κ3) is 6.37. The molecule has 162 valence electrons. The average Bonchev–Trinajstić information content (AvgIpc) is 2.71. The average molecular weight is 436 g/mol. The number of halogens is 1. The lowest BCUT2D eigenvalue weighted by Gasteiger charge is -2.18. The van der Waals surface area contributed by atoms with Gasteiger partial charge < -0.3 is 24.6 Å². The summed E-state index contributed by atoms with van der Waals surface area (Å²) in [4.78, 5) is 24.0. The molecule has 8 heteroatoms. The molecule has 2 aromatic rings. The molecule has 1 unspecified atom stereocenters. The largest absolute Gasteiger partial charge is 0.497 e. The molecule has 0 radical (unpaired) electrons. The number of ether oxygens (including phenoxy) is 3. The van der Waals surface area contributed by atoms with Crippen LogP contribution in [0.2, 0.25) is 5.02 Å². The molecule has 0 bridgehead atoms. The Kier molecular flexibility index (Phi) is 8.50. The van der Waals surface area contributed by atoms with Crippen molar-refractivity contribution in [2.24, 2.45) is 0 Å². The number of hydrogen-bond acceptors (Lipinski definition) is 5. The van der Waals surface area contributed by atoms with Crippen LogP contribution in [0.25, 0.3) is 0 Å². The van der Waals surface area contributed by atoms with Crippen LogP contribution in [0.15, 0.2) is 36.4 Å². The van der Waals surface area contributed by atoms with Gasteiger partial charge in [-0.15, -0.1) is 0 Å². The fourth-order valence-corrected chi connectivity index (χ4v) is 3.17. The van der Waals surface area contributed by atoms with Gasteiger partial charge in [-0.05, 0) is 43.7 Å². The second-order valence-electron chi connectivity index (χ2n) is 6.89. The molecule has 0 heterocycles. The zero-order valence-electron chi connectivity index (χ0n) is 17.4. The first-order valence-corrected chi connectivity index (χ1v) is 9.78. The first kappa shape index (κ1) is 23.5. The molecule has 0 saturated carbocycles. The van der Waals surface area contributed by atoms with Gasteiger partial charge in [0.15, 0.2) is 6.10 Å². The van der Waals surface area contributed by atoms with E-state index in [-0.39, 0.29) is 30.0 Å². The van der Waals surface area contributed by atoms with E-state index in [1.807, 2.05) is 0 Å². The summed E-state index contributed by atoms with van der Waals surface area (Å²) in [5, 5.41) is 12.5. The maximum absolute atomic E-state index is 12.5. The molecule has 0 aliphatic carbocycles. The van der Waals surface area contributed by atoms with Gasteiger partial charge in [0.1, 0.15) is 11.5 Å². The molecule has 30 heavy (non-hydrogen) atoms. The first-order chi connectivity index (χ1) is 14.2. The Morgan fingerprint density at radius 1 is 1.10 bits per heavy atom. The Hall–Kier alpha value is -2.77. The summed E-state index contributed by atoms with van der Waals surface area (Å²) in [7, 11) is 3.05. The number of carboxylic acids is 1. The SMILES string of the molecule is COc1ccc(C(=O)NCc2cc(CC(OC(C)C)C(=O)O)ccc2OC)c(Cl)c1. The number of aliphatic carboxylic acids is 1. The predicted octanol–water partition coefficient (Wildman–Crippen LogP) is 3.71. The van der Waals surface area contributed by atoms with Crippen LogP contribution in [0.5, 0.6) is 11.5 Å². The van der Waals surface area contributed by atoms with E-state index in [1.54, 1.807) is 50.2 Å². The van der Waals surface area contributed by atoms with Crippen LogP contribution in [-0.4, -0.2) is 43.4 Å². The molecule has 2 rings (SSSR count). The van der Waals surface area contributed by atoms with Crippen LogP contribution in [0.3, 0.4) is 0 Å². The summed E-state index contributed by atoms with van der Waals surface area (Å²) in [5.41, 5.74) is 1.79. The number of carboxylic acid groups (broad SMARTS) is 1. The molecule has 0 spiro atoms. The lowest BCUT2D eigenvalue weighted by Crippen LogP contribution is -2.29. The van der Waals surface area contributed by atoms with Gasteiger partial charge in [0, 0.05) is 18.5 Å². The monoisotopic (exact) mass is 435 g/mol. The number of carbonyl (C=O) groups is 2. The van der Waals surface area contributed by atoms with Crippen LogP contribution >= 0.6 is 11.6 Å². The van der Waals surface area contributed by atoms with E-state index in [0.29, 0.717) is 22.6 Å². The van der Waals surface area contributed by atoms with Crippen LogP contribution in [0.4, 0.5) is 0 Å². The minimum absolute atomic E-state index is 0.182. The Bertz CT molecular complexity index is 899. The number of hydrogen-bond donors (Lipinski definition) is 2.